The Kier molecular flexibility index (Phi) is 3.55. The molecule has 19 heavy (non-hydrogen) atoms. The number of benzene rings is 1. The first-order chi connectivity index (χ1) is 8.81. The van der Waals surface area contributed by atoms with E-state index in [2.05, 4.69) is 0 Å². The zero-order valence-corrected chi connectivity index (χ0v) is 10.5. The summed E-state index contributed by atoms with van der Waals surface area (Å²) in [5, 5.41) is 8.93. The fourth-order valence-corrected chi connectivity index (χ4v) is 2.93. The largest absolute Gasteiger partial charge is 0.480 e. The van der Waals surface area contributed by atoms with Gasteiger partial charge < -0.3 is 5.11 Å². The van der Waals surface area contributed by atoms with E-state index in [1.54, 1.807) is 0 Å². The average molecular weight is 291 g/mol. The van der Waals surface area contributed by atoms with Crippen molar-refractivity contribution in [2.75, 3.05) is 0 Å². The maximum atomic E-state index is 13.0. The molecule has 0 radical (unpaired) electrons. The Morgan fingerprint density at radius 3 is 2.42 bits per heavy atom. The summed E-state index contributed by atoms with van der Waals surface area (Å²) < 4.78 is 51.5. The molecule has 1 aliphatic carbocycles. The number of nitrogens with one attached hydrogen (secondary N) is 1. The third kappa shape index (κ3) is 3.07. The molecule has 0 aromatic heterocycles. The first-order valence-corrected chi connectivity index (χ1v) is 7.00. The zero-order chi connectivity index (χ0) is 14.2. The number of hydrogen-bond acceptors (Lipinski definition) is 3. The van der Waals surface area contributed by atoms with Crippen LogP contribution in [-0.2, 0) is 14.8 Å². The summed E-state index contributed by atoms with van der Waals surface area (Å²) in [5.74, 6) is -4.01. The topological polar surface area (TPSA) is 83.5 Å². The van der Waals surface area contributed by atoms with E-state index >= 15 is 0 Å². The highest BCUT2D eigenvalue weighted by atomic mass is 32.2. The van der Waals surface area contributed by atoms with Crippen LogP contribution in [0, 0.1) is 17.6 Å². The molecule has 1 fully saturated rings. The van der Waals surface area contributed by atoms with Crippen LogP contribution in [0.2, 0.25) is 0 Å². The van der Waals surface area contributed by atoms with Gasteiger partial charge >= 0.3 is 5.97 Å². The van der Waals surface area contributed by atoms with Gasteiger partial charge in [-0.05, 0) is 37.0 Å². The summed E-state index contributed by atoms with van der Waals surface area (Å²) in [6.07, 6.45) is 1.24. The molecule has 0 bridgehead atoms. The van der Waals surface area contributed by atoms with Gasteiger partial charge in [0.15, 0.2) is 11.6 Å². The summed E-state index contributed by atoms with van der Waals surface area (Å²) in [6.45, 7) is 0. The van der Waals surface area contributed by atoms with Crippen molar-refractivity contribution < 1.29 is 27.1 Å². The summed E-state index contributed by atoms with van der Waals surface area (Å²) >= 11 is 0. The molecular weight excluding hydrogens is 280 g/mol. The SMILES string of the molecule is O=C(O)C(NS(=O)(=O)c1ccc(F)c(F)c1)C1CC1. The van der Waals surface area contributed by atoms with Gasteiger partial charge in [-0.3, -0.25) is 4.79 Å². The number of carboxylic acids is 1. The molecule has 1 saturated carbocycles. The predicted molar refractivity (Wildman–Crippen MR) is 60.8 cm³/mol. The van der Waals surface area contributed by atoms with E-state index in [9.17, 15) is 22.0 Å². The lowest BCUT2D eigenvalue weighted by atomic mass is 10.2. The molecule has 2 N–H and O–H groups in total. The Bertz CT molecular complexity index is 613. The van der Waals surface area contributed by atoms with Crippen LogP contribution in [0.1, 0.15) is 12.8 Å². The first kappa shape index (κ1) is 13.9. The first-order valence-electron chi connectivity index (χ1n) is 5.51. The van der Waals surface area contributed by atoms with E-state index in [1.807, 2.05) is 4.72 Å². The fourth-order valence-electron chi connectivity index (χ4n) is 1.66. The number of rotatable bonds is 5. The molecule has 0 heterocycles. The minimum absolute atomic E-state index is 0.252. The number of carboxylic acid groups (broad SMARTS) is 1. The van der Waals surface area contributed by atoms with Crippen LogP contribution in [0.4, 0.5) is 8.78 Å². The number of sulfonamides is 1. The van der Waals surface area contributed by atoms with Gasteiger partial charge in [-0.15, -0.1) is 0 Å². The van der Waals surface area contributed by atoms with Crippen molar-refractivity contribution in [2.45, 2.75) is 23.8 Å². The van der Waals surface area contributed by atoms with Gasteiger partial charge in [0.1, 0.15) is 6.04 Å². The van der Waals surface area contributed by atoms with Gasteiger partial charge in [0.2, 0.25) is 10.0 Å². The molecular formula is C11H11F2NO4S. The molecule has 8 heteroatoms. The van der Waals surface area contributed by atoms with Crippen molar-refractivity contribution in [2.24, 2.45) is 5.92 Å². The van der Waals surface area contributed by atoms with Crippen LogP contribution >= 0.6 is 0 Å². The van der Waals surface area contributed by atoms with Crippen molar-refractivity contribution in [1.29, 1.82) is 0 Å². The van der Waals surface area contributed by atoms with Gasteiger partial charge in [0.25, 0.3) is 0 Å². The second-order valence-corrected chi connectivity index (χ2v) is 6.06. The Morgan fingerprint density at radius 1 is 1.32 bits per heavy atom. The molecule has 1 atom stereocenters. The molecule has 0 aliphatic heterocycles. The maximum Gasteiger partial charge on any atom is 0.322 e. The molecule has 1 aromatic carbocycles. The van der Waals surface area contributed by atoms with Gasteiger partial charge in [-0.25, -0.2) is 17.2 Å². The predicted octanol–water partition coefficient (Wildman–Crippen LogP) is 1.11. The monoisotopic (exact) mass is 291 g/mol. The lowest BCUT2D eigenvalue weighted by molar-refractivity contribution is -0.139. The zero-order valence-electron chi connectivity index (χ0n) is 9.64. The molecule has 5 nitrogen and oxygen atoms in total. The minimum atomic E-state index is -4.19. The van der Waals surface area contributed by atoms with E-state index in [0.29, 0.717) is 25.0 Å². The second-order valence-electron chi connectivity index (χ2n) is 4.35. The van der Waals surface area contributed by atoms with E-state index < -0.39 is 38.6 Å². The summed E-state index contributed by atoms with van der Waals surface area (Å²) in [7, 11) is -4.19. The van der Waals surface area contributed by atoms with Crippen molar-refractivity contribution in [3.05, 3.63) is 29.8 Å². The summed E-state index contributed by atoms with van der Waals surface area (Å²) in [6, 6.07) is 0.838. The van der Waals surface area contributed by atoms with Crippen molar-refractivity contribution in [3.8, 4) is 0 Å². The van der Waals surface area contributed by atoms with E-state index in [0.717, 1.165) is 6.07 Å². The normalized spacial score (nSPS) is 17.2. The van der Waals surface area contributed by atoms with E-state index in [-0.39, 0.29) is 5.92 Å². The van der Waals surface area contributed by atoms with Gasteiger partial charge in [0.05, 0.1) is 4.90 Å². The number of hydrogen-bond donors (Lipinski definition) is 2. The molecule has 0 amide bonds. The molecule has 0 saturated heterocycles. The second kappa shape index (κ2) is 4.86. The quantitative estimate of drug-likeness (QED) is 0.851. The Labute approximate surface area is 108 Å². The highest BCUT2D eigenvalue weighted by Crippen LogP contribution is 2.33. The average Bonchev–Trinajstić information content (AvgIpc) is 3.13. The fraction of sp³-hybridized carbons (Fsp3) is 0.364. The lowest BCUT2D eigenvalue weighted by Crippen LogP contribution is -2.42. The smallest absolute Gasteiger partial charge is 0.322 e. The molecule has 0 spiro atoms. The molecule has 2 rings (SSSR count). The van der Waals surface area contributed by atoms with Gasteiger partial charge in [0, 0.05) is 0 Å². The third-order valence-electron chi connectivity index (χ3n) is 2.84. The van der Waals surface area contributed by atoms with Crippen LogP contribution in [-0.4, -0.2) is 25.5 Å². The van der Waals surface area contributed by atoms with E-state index in [1.165, 1.54) is 0 Å². The maximum absolute atomic E-state index is 13.0. The summed E-state index contributed by atoms with van der Waals surface area (Å²) in [4.78, 5) is 10.4. The van der Waals surface area contributed by atoms with Crippen molar-refractivity contribution in [3.63, 3.8) is 0 Å². The number of aliphatic carboxylic acids is 1. The van der Waals surface area contributed by atoms with Crippen molar-refractivity contribution >= 4 is 16.0 Å². The van der Waals surface area contributed by atoms with Gasteiger partial charge in [-0.1, -0.05) is 0 Å². The minimum Gasteiger partial charge on any atom is -0.480 e. The standard InChI is InChI=1S/C11H11F2NO4S/c12-8-4-3-7(5-9(8)13)19(17,18)14-10(11(15)16)6-1-2-6/h3-6,10,14H,1-2H2,(H,15,16). The molecule has 104 valence electrons. The van der Waals surface area contributed by atoms with Crippen LogP contribution < -0.4 is 4.72 Å². The Morgan fingerprint density at radius 2 is 1.95 bits per heavy atom. The Balaban J connectivity index is 2.26. The number of halogens is 2. The van der Waals surface area contributed by atoms with Crippen molar-refractivity contribution in [1.82, 2.24) is 4.72 Å². The van der Waals surface area contributed by atoms with Crippen LogP contribution in [0.5, 0.6) is 0 Å². The number of carbonyl (C=O) groups is 1. The third-order valence-corrected chi connectivity index (χ3v) is 4.28. The Hall–Kier alpha value is -1.54. The van der Waals surface area contributed by atoms with Crippen LogP contribution in [0.15, 0.2) is 23.1 Å². The highest BCUT2D eigenvalue weighted by Gasteiger charge is 2.39. The van der Waals surface area contributed by atoms with E-state index in [4.69, 9.17) is 5.11 Å². The highest BCUT2D eigenvalue weighted by molar-refractivity contribution is 7.89. The van der Waals surface area contributed by atoms with Crippen LogP contribution in [0.25, 0.3) is 0 Å². The van der Waals surface area contributed by atoms with Gasteiger partial charge in [-0.2, -0.15) is 4.72 Å². The summed E-state index contributed by atoms with van der Waals surface area (Å²) in [5.41, 5.74) is 0. The molecule has 1 aliphatic rings. The molecule has 1 aromatic rings. The lowest BCUT2D eigenvalue weighted by Gasteiger charge is -2.14. The molecule has 1 unspecified atom stereocenters. The van der Waals surface area contributed by atoms with Crippen LogP contribution in [0.3, 0.4) is 0 Å².